The quantitative estimate of drug-likeness (QED) is 0.169. The monoisotopic (exact) mass is 1080 g/mol. The third-order valence-electron chi connectivity index (χ3n) is 13.2. The number of aromatic hydroxyl groups is 1. The minimum Gasteiger partial charge on any atom is -0.507 e. The molecule has 0 aliphatic carbocycles. The van der Waals surface area contributed by atoms with Crippen molar-refractivity contribution in [2.75, 3.05) is 0 Å². The Labute approximate surface area is 425 Å². The Morgan fingerprint density at radius 3 is 1.69 bits per heavy atom. The number of fused-ring (bicyclic) bond motifs is 1. The molecule has 6 aromatic carbocycles. The number of para-hydroxylation sites is 1. The van der Waals surface area contributed by atoms with Crippen molar-refractivity contribution in [3.63, 3.8) is 0 Å². The number of rotatable bonds is 6. The first-order valence-electron chi connectivity index (χ1n) is 25.2. The zero-order valence-electron chi connectivity index (χ0n) is 45.7. The second-order valence-electron chi connectivity index (χ2n) is 23.6. The Balaban J connectivity index is 0.00000741. The summed E-state index contributed by atoms with van der Waals surface area (Å²) in [5, 5.41) is 12.6. The predicted molar refractivity (Wildman–Crippen MR) is 285 cm³/mol. The van der Waals surface area contributed by atoms with Gasteiger partial charge in [-0.05, 0) is 97.6 Å². The average Bonchev–Trinajstić information content (AvgIpc) is 3.66. The number of phenols is 1. The summed E-state index contributed by atoms with van der Waals surface area (Å²) in [5.74, 6) is 0.877. The maximum absolute atomic E-state index is 12.6. The van der Waals surface area contributed by atoms with E-state index in [2.05, 4.69) is 205 Å². The molecule has 0 aliphatic heterocycles. The molecule has 2 aromatic heterocycles. The summed E-state index contributed by atoms with van der Waals surface area (Å²) >= 11 is 0. The third kappa shape index (κ3) is 10.1. The van der Waals surface area contributed by atoms with Gasteiger partial charge in [-0.2, -0.15) is 0 Å². The van der Waals surface area contributed by atoms with Gasteiger partial charge < -0.3 is 5.11 Å². The summed E-state index contributed by atoms with van der Waals surface area (Å²) in [7, 11) is 0. The minimum absolute atomic E-state index is 0. The second kappa shape index (κ2) is 18.1. The molecule has 0 amide bonds. The summed E-state index contributed by atoms with van der Waals surface area (Å²) in [6.45, 7) is 31.1. The van der Waals surface area contributed by atoms with Crippen molar-refractivity contribution in [3.05, 3.63) is 167 Å². The number of imidazole rings is 1. The Bertz CT molecular complexity index is 3250. The molecule has 354 valence electrons. The summed E-state index contributed by atoms with van der Waals surface area (Å²) in [5.41, 5.74) is 15.7. The van der Waals surface area contributed by atoms with E-state index in [-0.39, 0.29) is 53.9 Å². The van der Waals surface area contributed by atoms with Gasteiger partial charge in [0.05, 0.1) is 22.3 Å². The van der Waals surface area contributed by atoms with Crippen LogP contribution in [0, 0.1) is 12.9 Å². The van der Waals surface area contributed by atoms with E-state index in [4.69, 9.17) is 14.1 Å². The molecule has 0 saturated heterocycles. The summed E-state index contributed by atoms with van der Waals surface area (Å²) in [6, 6.07) is 45.8. The molecule has 0 atom stereocenters. The van der Waals surface area contributed by atoms with Crippen molar-refractivity contribution in [2.24, 2.45) is 0 Å². The van der Waals surface area contributed by atoms with Crippen LogP contribution in [0.4, 0.5) is 0 Å². The molecule has 0 saturated carbocycles. The molecule has 5 heteroatoms. The van der Waals surface area contributed by atoms with Gasteiger partial charge in [0.2, 0.25) is 0 Å². The SMILES string of the molecule is [2H]C([2H])([2H])c1ccc(-c2ccnc(-c3[c-]c(-c4cccc5c4nc(-c4cc(C(C)(C)C)cc(C(C)(C)C)c4O)n5-c4ccc(C(C)(C)C)cc4-c4ccc(C(C)(C)C)cc4)cc(C(C)(C)C)c3)c2)cc1.[Pt]. The fourth-order valence-electron chi connectivity index (χ4n) is 8.84. The summed E-state index contributed by atoms with van der Waals surface area (Å²) in [4.78, 5) is 10.6. The number of aryl methyl sites for hydroxylation is 1. The predicted octanol–water partition coefficient (Wildman–Crippen LogP) is 17.1. The zero-order chi connectivity index (χ0) is 51.1. The third-order valence-corrected chi connectivity index (χ3v) is 13.2. The molecule has 0 aliphatic rings. The van der Waals surface area contributed by atoms with Gasteiger partial charge in [-0.1, -0.05) is 199 Å². The van der Waals surface area contributed by atoms with Gasteiger partial charge >= 0.3 is 0 Å². The van der Waals surface area contributed by atoms with Crippen LogP contribution < -0.4 is 0 Å². The zero-order valence-corrected chi connectivity index (χ0v) is 45.0. The van der Waals surface area contributed by atoms with Gasteiger partial charge in [0.15, 0.2) is 0 Å². The van der Waals surface area contributed by atoms with Crippen molar-refractivity contribution in [1.29, 1.82) is 0 Å². The molecule has 4 nitrogen and oxygen atoms in total. The van der Waals surface area contributed by atoms with Crippen molar-refractivity contribution in [3.8, 4) is 67.5 Å². The number of pyridine rings is 1. The molecule has 8 rings (SSSR count). The standard InChI is InChI=1S/C63H70N3O.Pt/c1-39-20-22-40(23-21-39)42-30-31-64-53(35-42)44-32-43(33-47(34-44)61(8,9)10)49-18-17-19-55-56(49)65-58(51-37-48(62(11,12)13)38-52(57(51)67)63(14,15)16)66(55)54-29-28-46(60(5,6)7)36-50(54)41-24-26-45(27-25-41)59(2,3)4;/h17-31,33-38,67H,1-16H3;/q-1;/i1D3;. The Morgan fingerprint density at radius 1 is 0.515 bits per heavy atom. The van der Waals surface area contributed by atoms with Gasteiger partial charge in [0.1, 0.15) is 11.6 Å². The van der Waals surface area contributed by atoms with E-state index in [0.717, 1.165) is 78.0 Å². The molecule has 0 unspecified atom stereocenters. The van der Waals surface area contributed by atoms with Crippen LogP contribution in [0.15, 0.2) is 128 Å². The fourth-order valence-corrected chi connectivity index (χ4v) is 8.84. The fraction of sp³-hybridized carbons (Fsp3) is 0.333. The van der Waals surface area contributed by atoms with Crippen LogP contribution in [0.2, 0.25) is 0 Å². The van der Waals surface area contributed by atoms with Crippen LogP contribution in [0.1, 0.15) is 141 Å². The van der Waals surface area contributed by atoms with Crippen LogP contribution in [0.5, 0.6) is 5.75 Å². The topological polar surface area (TPSA) is 50.9 Å². The van der Waals surface area contributed by atoms with E-state index < -0.39 is 6.85 Å². The van der Waals surface area contributed by atoms with E-state index in [1.807, 2.05) is 18.2 Å². The summed E-state index contributed by atoms with van der Waals surface area (Å²) in [6.07, 6.45) is 1.80. The van der Waals surface area contributed by atoms with E-state index in [9.17, 15) is 5.11 Å². The van der Waals surface area contributed by atoms with Crippen molar-refractivity contribution in [1.82, 2.24) is 14.5 Å². The van der Waals surface area contributed by atoms with Crippen LogP contribution >= 0.6 is 0 Å². The van der Waals surface area contributed by atoms with Crippen molar-refractivity contribution in [2.45, 2.75) is 138 Å². The maximum atomic E-state index is 12.6. The molecule has 68 heavy (non-hydrogen) atoms. The number of benzene rings is 6. The molecule has 0 radical (unpaired) electrons. The minimum atomic E-state index is -2.18. The van der Waals surface area contributed by atoms with Crippen LogP contribution in [0.3, 0.4) is 0 Å². The van der Waals surface area contributed by atoms with E-state index in [1.165, 1.54) is 11.1 Å². The van der Waals surface area contributed by atoms with Gasteiger partial charge in [-0.25, -0.2) is 4.98 Å². The van der Waals surface area contributed by atoms with Crippen molar-refractivity contribution >= 4 is 11.0 Å². The molecule has 0 spiro atoms. The largest absolute Gasteiger partial charge is 0.507 e. The normalized spacial score (nSPS) is 13.5. The number of hydrogen-bond acceptors (Lipinski definition) is 3. The first-order chi connectivity index (χ1) is 32.4. The van der Waals surface area contributed by atoms with E-state index in [0.29, 0.717) is 17.0 Å². The molecule has 8 aromatic rings. The summed E-state index contributed by atoms with van der Waals surface area (Å²) < 4.78 is 25.9. The van der Waals surface area contributed by atoms with Crippen LogP contribution in [-0.2, 0) is 48.1 Å². The molecular weight excluding hydrogens is 1010 g/mol. The molecular formula is C63H70N3OPt-. The smallest absolute Gasteiger partial charge is 0.148 e. The average molecular weight is 1080 g/mol. The number of hydrogen-bond donors (Lipinski definition) is 1. The van der Waals surface area contributed by atoms with E-state index >= 15 is 0 Å². The molecule has 2 heterocycles. The van der Waals surface area contributed by atoms with Crippen molar-refractivity contribution < 1.29 is 30.3 Å². The Morgan fingerprint density at radius 2 is 1.09 bits per heavy atom. The van der Waals surface area contributed by atoms with Gasteiger partial charge in [-0.15, -0.1) is 29.3 Å². The Hall–Kier alpha value is -5.57. The number of nitrogens with zero attached hydrogens (tertiary/aromatic N) is 3. The maximum Gasteiger partial charge on any atom is 0.148 e. The van der Waals surface area contributed by atoms with Crippen LogP contribution in [-0.4, -0.2) is 19.6 Å². The van der Waals surface area contributed by atoms with Crippen LogP contribution in [0.25, 0.3) is 72.7 Å². The molecule has 0 fully saturated rings. The van der Waals surface area contributed by atoms with Gasteiger partial charge in [0, 0.05) is 48.2 Å². The molecule has 1 N–H and O–H groups in total. The first-order valence-corrected chi connectivity index (χ1v) is 23.7. The van der Waals surface area contributed by atoms with Gasteiger partial charge in [0.25, 0.3) is 0 Å². The Kier molecular flexibility index (Phi) is 12.3. The first kappa shape index (κ1) is 46.2. The number of aromatic nitrogens is 3. The molecule has 0 bridgehead atoms. The van der Waals surface area contributed by atoms with Gasteiger partial charge in [-0.3, -0.25) is 9.55 Å². The second-order valence-corrected chi connectivity index (χ2v) is 23.6. The number of phenolic OH excluding ortho intramolecular Hbond substituents is 1. The van der Waals surface area contributed by atoms with E-state index in [1.54, 1.807) is 18.3 Å².